The van der Waals surface area contributed by atoms with Gasteiger partial charge in [0.2, 0.25) is 11.6 Å². The minimum absolute atomic E-state index is 0.143. The van der Waals surface area contributed by atoms with Crippen LogP contribution >= 0.6 is 0 Å². The number of carbonyl (C=O) groups is 1. The van der Waals surface area contributed by atoms with Gasteiger partial charge in [0.05, 0.1) is 12.5 Å². The largest absolute Gasteiger partial charge is 0.490 e. The summed E-state index contributed by atoms with van der Waals surface area (Å²) >= 11 is 0. The number of carbonyl (C=O) groups excluding carboxylic acids is 1. The summed E-state index contributed by atoms with van der Waals surface area (Å²) in [4.78, 5) is 12.4. The first-order valence-corrected chi connectivity index (χ1v) is 11.4. The fourth-order valence-corrected chi connectivity index (χ4v) is 3.95. The molecule has 3 nitrogen and oxygen atoms in total. The molecule has 0 atom stereocenters. The van der Waals surface area contributed by atoms with Gasteiger partial charge in [-0.25, -0.2) is 0 Å². The van der Waals surface area contributed by atoms with Crippen LogP contribution in [0.5, 0.6) is 11.5 Å². The van der Waals surface area contributed by atoms with Gasteiger partial charge in [0.25, 0.3) is 0 Å². The van der Waals surface area contributed by atoms with Crippen LogP contribution < -0.4 is 9.47 Å². The highest BCUT2D eigenvalue weighted by molar-refractivity contribution is 5.75. The maximum absolute atomic E-state index is 14.3. The van der Waals surface area contributed by atoms with E-state index in [4.69, 9.17) is 9.47 Å². The molecular formula is C24H36F2O3. The molecule has 0 N–H and O–H groups in total. The lowest BCUT2D eigenvalue weighted by Gasteiger charge is -2.27. The van der Waals surface area contributed by atoms with Gasteiger partial charge in [-0.3, -0.25) is 4.79 Å². The average molecular weight is 411 g/mol. The second-order valence-electron chi connectivity index (χ2n) is 8.23. The smallest absolute Gasteiger partial charge is 0.314 e. The van der Waals surface area contributed by atoms with E-state index >= 15 is 0 Å². The number of rotatable bonds is 12. The topological polar surface area (TPSA) is 35.5 Å². The van der Waals surface area contributed by atoms with Crippen molar-refractivity contribution < 1.29 is 23.0 Å². The van der Waals surface area contributed by atoms with Crippen molar-refractivity contribution in [1.82, 2.24) is 0 Å². The van der Waals surface area contributed by atoms with Gasteiger partial charge in [-0.05, 0) is 50.2 Å². The predicted molar refractivity (Wildman–Crippen MR) is 111 cm³/mol. The van der Waals surface area contributed by atoms with Gasteiger partial charge in [-0.2, -0.15) is 8.78 Å². The predicted octanol–water partition coefficient (Wildman–Crippen LogP) is 7.22. The zero-order valence-electron chi connectivity index (χ0n) is 18.0. The second-order valence-corrected chi connectivity index (χ2v) is 8.23. The SMILES string of the molecule is CCCCCCC[C@H]1CC[C@H](C(=O)Oc2ccc(OCCCC)c(F)c2F)CC1. The molecule has 0 radical (unpaired) electrons. The average Bonchev–Trinajstić information content (AvgIpc) is 2.73. The number of ether oxygens (including phenoxy) is 2. The molecule has 5 heteroatoms. The number of hydrogen-bond donors (Lipinski definition) is 0. The fourth-order valence-electron chi connectivity index (χ4n) is 3.95. The van der Waals surface area contributed by atoms with Crippen molar-refractivity contribution in [3.05, 3.63) is 23.8 Å². The Morgan fingerprint density at radius 2 is 1.52 bits per heavy atom. The van der Waals surface area contributed by atoms with Crippen molar-refractivity contribution in [2.75, 3.05) is 6.61 Å². The Balaban J connectivity index is 1.78. The van der Waals surface area contributed by atoms with E-state index in [1.54, 1.807) is 0 Å². The summed E-state index contributed by atoms with van der Waals surface area (Å²) in [5, 5.41) is 0. The number of halogens is 2. The molecule has 1 aromatic rings. The first kappa shape index (κ1) is 23.6. The molecule has 0 unspecified atom stereocenters. The second kappa shape index (κ2) is 12.8. The van der Waals surface area contributed by atoms with Crippen molar-refractivity contribution >= 4 is 5.97 Å². The van der Waals surface area contributed by atoms with Gasteiger partial charge in [0.1, 0.15) is 0 Å². The molecule has 1 aliphatic carbocycles. The molecule has 1 fully saturated rings. The van der Waals surface area contributed by atoms with Gasteiger partial charge >= 0.3 is 5.97 Å². The Kier molecular flexibility index (Phi) is 10.4. The maximum atomic E-state index is 14.3. The van der Waals surface area contributed by atoms with Crippen molar-refractivity contribution in [2.45, 2.75) is 90.9 Å². The summed E-state index contributed by atoms with van der Waals surface area (Å²) in [6, 6.07) is 2.60. The number of esters is 1. The molecule has 0 aromatic heterocycles. The number of hydrogen-bond acceptors (Lipinski definition) is 3. The van der Waals surface area contributed by atoms with Crippen LogP contribution in [0, 0.1) is 23.5 Å². The summed E-state index contributed by atoms with van der Waals surface area (Å²) in [6.45, 7) is 4.54. The molecule has 0 spiro atoms. The zero-order chi connectivity index (χ0) is 21.1. The lowest BCUT2D eigenvalue weighted by molar-refractivity contribution is -0.140. The summed E-state index contributed by atoms with van der Waals surface area (Å²) in [7, 11) is 0. The van der Waals surface area contributed by atoms with Gasteiger partial charge in [-0.15, -0.1) is 0 Å². The Hall–Kier alpha value is -1.65. The van der Waals surface area contributed by atoms with Crippen molar-refractivity contribution in [3.8, 4) is 11.5 Å². The van der Waals surface area contributed by atoms with Crippen LogP contribution in [0.4, 0.5) is 8.78 Å². The van der Waals surface area contributed by atoms with E-state index in [1.807, 2.05) is 6.92 Å². The molecule has 1 aromatic carbocycles. The van der Waals surface area contributed by atoms with Gasteiger partial charge in [0, 0.05) is 0 Å². The highest BCUT2D eigenvalue weighted by atomic mass is 19.2. The molecular weight excluding hydrogens is 374 g/mol. The van der Waals surface area contributed by atoms with Crippen LogP contribution in [0.1, 0.15) is 90.9 Å². The maximum Gasteiger partial charge on any atom is 0.314 e. The lowest BCUT2D eigenvalue weighted by atomic mass is 9.80. The molecule has 0 heterocycles. The number of benzene rings is 1. The van der Waals surface area contributed by atoms with E-state index < -0.39 is 17.6 Å². The normalized spacial score (nSPS) is 19.2. The lowest BCUT2D eigenvalue weighted by Crippen LogP contribution is -2.26. The third-order valence-electron chi connectivity index (χ3n) is 5.87. The minimum atomic E-state index is -1.16. The first-order valence-electron chi connectivity index (χ1n) is 11.4. The van der Waals surface area contributed by atoms with Crippen LogP contribution in [-0.2, 0) is 4.79 Å². The summed E-state index contributed by atoms with van der Waals surface area (Å²) < 4.78 is 38.8. The Bertz CT molecular complexity index is 625. The third-order valence-corrected chi connectivity index (χ3v) is 5.87. The van der Waals surface area contributed by atoms with E-state index in [-0.39, 0.29) is 17.4 Å². The monoisotopic (exact) mass is 410 g/mol. The molecule has 0 amide bonds. The van der Waals surface area contributed by atoms with Crippen molar-refractivity contribution in [2.24, 2.45) is 11.8 Å². The van der Waals surface area contributed by atoms with E-state index in [0.717, 1.165) is 38.5 Å². The minimum Gasteiger partial charge on any atom is -0.490 e. The molecule has 0 saturated heterocycles. The summed E-state index contributed by atoms with van der Waals surface area (Å²) in [5.41, 5.74) is 0. The standard InChI is InChI=1S/C24H36F2O3/c1-3-5-7-8-9-10-18-11-13-19(14-12-18)24(27)29-21-16-15-20(22(25)23(21)26)28-17-6-4-2/h15-16,18-19H,3-14,17H2,1-2H3/t18-,19-. The first-order chi connectivity index (χ1) is 14.1. The van der Waals surface area contributed by atoms with Crippen LogP contribution in [0.25, 0.3) is 0 Å². The van der Waals surface area contributed by atoms with Gasteiger partial charge < -0.3 is 9.47 Å². The van der Waals surface area contributed by atoms with Gasteiger partial charge in [-0.1, -0.05) is 58.8 Å². The van der Waals surface area contributed by atoms with Gasteiger partial charge in [0.15, 0.2) is 11.5 Å². The molecule has 1 aliphatic rings. The molecule has 2 rings (SSSR count). The van der Waals surface area contributed by atoms with Crippen LogP contribution in [0.2, 0.25) is 0 Å². The number of unbranched alkanes of at least 4 members (excludes halogenated alkanes) is 5. The summed E-state index contributed by atoms with van der Waals surface area (Å²) in [6.07, 6.45) is 12.9. The highest BCUT2D eigenvalue weighted by Gasteiger charge is 2.28. The van der Waals surface area contributed by atoms with E-state index in [0.29, 0.717) is 12.5 Å². The third kappa shape index (κ3) is 7.60. The van der Waals surface area contributed by atoms with Crippen LogP contribution in [0.15, 0.2) is 12.1 Å². The van der Waals surface area contributed by atoms with Crippen molar-refractivity contribution in [3.63, 3.8) is 0 Å². The molecule has 164 valence electrons. The van der Waals surface area contributed by atoms with Crippen LogP contribution in [0.3, 0.4) is 0 Å². The quantitative estimate of drug-likeness (QED) is 0.207. The highest BCUT2D eigenvalue weighted by Crippen LogP contribution is 2.34. The van der Waals surface area contributed by atoms with E-state index in [1.165, 1.54) is 50.7 Å². The zero-order valence-corrected chi connectivity index (χ0v) is 18.0. The molecule has 0 aliphatic heterocycles. The van der Waals surface area contributed by atoms with E-state index in [2.05, 4.69) is 6.92 Å². The Morgan fingerprint density at radius 1 is 0.897 bits per heavy atom. The van der Waals surface area contributed by atoms with E-state index in [9.17, 15) is 13.6 Å². The molecule has 0 bridgehead atoms. The Labute approximate surface area is 174 Å². The van der Waals surface area contributed by atoms with Crippen LogP contribution in [-0.4, -0.2) is 12.6 Å². The molecule has 1 saturated carbocycles. The fraction of sp³-hybridized carbons (Fsp3) is 0.708. The molecule has 29 heavy (non-hydrogen) atoms. The summed E-state index contributed by atoms with van der Waals surface area (Å²) in [5.74, 6) is -2.76. The Morgan fingerprint density at radius 3 is 2.21 bits per heavy atom. The van der Waals surface area contributed by atoms with Crippen molar-refractivity contribution in [1.29, 1.82) is 0 Å².